The van der Waals surface area contributed by atoms with Crippen molar-refractivity contribution in [2.24, 2.45) is 0 Å². The molecule has 0 atom stereocenters. The lowest BCUT2D eigenvalue weighted by Crippen LogP contribution is -2.24. The fraction of sp³-hybridized carbons (Fsp3) is 0.727. The number of ether oxygens (including phenoxy) is 2. The van der Waals surface area contributed by atoms with E-state index in [0.717, 1.165) is 18.7 Å². The molecule has 0 aliphatic carbocycles. The van der Waals surface area contributed by atoms with Gasteiger partial charge < -0.3 is 19.8 Å². The summed E-state index contributed by atoms with van der Waals surface area (Å²) in [5.41, 5.74) is 0.921. The molecule has 1 aromatic heterocycles. The lowest BCUT2D eigenvalue weighted by molar-refractivity contribution is -0.138. The summed E-state index contributed by atoms with van der Waals surface area (Å²) in [7, 11) is 0. The molecule has 1 heterocycles. The number of aromatic nitrogens is 1. The summed E-state index contributed by atoms with van der Waals surface area (Å²) in [6.07, 6.45) is 0.662. The Morgan fingerprint density at radius 2 is 2.12 bits per heavy atom. The number of H-pyrrole nitrogens is 1. The monoisotopic (exact) mass is 260 g/mol. The first kappa shape index (κ1) is 14.4. The third-order valence-corrected chi connectivity index (χ3v) is 2.87. The Hall–Kier alpha value is -0.690. The van der Waals surface area contributed by atoms with E-state index in [9.17, 15) is 4.79 Å². The number of hydrogen-bond donors (Lipinski definition) is 2. The quantitative estimate of drug-likeness (QED) is 0.519. The molecule has 0 saturated carbocycles. The van der Waals surface area contributed by atoms with Crippen molar-refractivity contribution in [3.8, 4) is 0 Å². The Balaban J connectivity index is 2.15. The molecule has 17 heavy (non-hydrogen) atoms. The highest BCUT2D eigenvalue weighted by Gasteiger charge is 2.06. The zero-order chi connectivity index (χ0) is 12.5. The Labute approximate surface area is 105 Å². The molecule has 0 unspecified atom stereocenters. The van der Waals surface area contributed by atoms with Gasteiger partial charge in [0, 0.05) is 43.8 Å². The summed E-state index contributed by atoms with van der Waals surface area (Å²) in [4.78, 5) is 13.6. The molecular weight excluding hydrogens is 240 g/mol. The molecule has 1 aromatic rings. The zero-order valence-electron chi connectivity index (χ0n) is 10.3. The van der Waals surface area contributed by atoms with Crippen molar-refractivity contribution in [3.05, 3.63) is 20.7 Å². The SMILES string of the molecule is CCOC(CCNCc1csc(=O)[nH]1)OCC. The van der Waals surface area contributed by atoms with Crippen molar-refractivity contribution in [2.75, 3.05) is 19.8 Å². The molecule has 6 heteroatoms. The number of rotatable bonds is 9. The summed E-state index contributed by atoms with van der Waals surface area (Å²) in [5, 5.41) is 5.07. The summed E-state index contributed by atoms with van der Waals surface area (Å²) in [5.74, 6) is 0. The van der Waals surface area contributed by atoms with Crippen LogP contribution in [0.15, 0.2) is 10.2 Å². The largest absolute Gasteiger partial charge is 0.353 e. The van der Waals surface area contributed by atoms with E-state index in [4.69, 9.17) is 9.47 Å². The second-order valence-electron chi connectivity index (χ2n) is 3.48. The van der Waals surface area contributed by atoms with Crippen LogP contribution < -0.4 is 10.2 Å². The minimum Gasteiger partial charge on any atom is -0.353 e. The van der Waals surface area contributed by atoms with Crippen molar-refractivity contribution >= 4 is 11.3 Å². The van der Waals surface area contributed by atoms with Crippen LogP contribution >= 0.6 is 11.3 Å². The smallest absolute Gasteiger partial charge is 0.304 e. The van der Waals surface area contributed by atoms with Crippen LogP contribution in [0.4, 0.5) is 0 Å². The molecule has 0 spiro atoms. The van der Waals surface area contributed by atoms with E-state index in [0.29, 0.717) is 19.8 Å². The molecule has 0 aliphatic rings. The number of nitrogens with one attached hydrogen (secondary N) is 2. The van der Waals surface area contributed by atoms with Crippen LogP contribution in [0, 0.1) is 0 Å². The van der Waals surface area contributed by atoms with Crippen LogP contribution in [0.25, 0.3) is 0 Å². The Kier molecular flexibility index (Phi) is 7.11. The number of thiazole rings is 1. The highest BCUT2D eigenvalue weighted by molar-refractivity contribution is 7.07. The van der Waals surface area contributed by atoms with Gasteiger partial charge >= 0.3 is 4.87 Å². The Morgan fingerprint density at radius 1 is 1.41 bits per heavy atom. The highest BCUT2D eigenvalue weighted by atomic mass is 32.1. The molecule has 0 fully saturated rings. The predicted molar refractivity (Wildman–Crippen MR) is 68.3 cm³/mol. The molecule has 1 rings (SSSR count). The topological polar surface area (TPSA) is 63.3 Å². The van der Waals surface area contributed by atoms with Gasteiger partial charge in [0.1, 0.15) is 0 Å². The van der Waals surface area contributed by atoms with Crippen molar-refractivity contribution in [1.29, 1.82) is 0 Å². The van der Waals surface area contributed by atoms with Crippen LogP contribution in [0.3, 0.4) is 0 Å². The van der Waals surface area contributed by atoms with Gasteiger partial charge in [-0.15, -0.1) is 0 Å². The van der Waals surface area contributed by atoms with E-state index >= 15 is 0 Å². The van der Waals surface area contributed by atoms with Gasteiger partial charge in [0.15, 0.2) is 6.29 Å². The van der Waals surface area contributed by atoms with Crippen molar-refractivity contribution in [3.63, 3.8) is 0 Å². The third kappa shape index (κ3) is 5.97. The predicted octanol–water partition coefficient (Wildman–Crippen LogP) is 1.32. The highest BCUT2D eigenvalue weighted by Crippen LogP contribution is 2.00. The molecule has 0 saturated heterocycles. The minimum atomic E-state index is -0.140. The van der Waals surface area contributed by atoms with Gasteiger partial charge in [0.05, 0.1) is 0 Å². The average Bonchev–Trinajstić information content (AvgIpc) is 2.71. The first-order valence-corrected chi connectivity index (χ1v) is 6.74. The average molecular weight is 260 g/mol. The Bertz CT molecular complexity index is 344. The van der Waals surface area contributed by atoms with Gasteiger partial charge in [0.25, 0.3) is 0 Å². The maximum absolute atomic E-state index is 10.9. The maximum atomic E-state index is 10.9. The molecule has 0 bridgehead atoms. The zero-order valence-corrected chi connectivity index (χ0v) is 11.1. The van der Waals surface area contributed by atoms with E-state index in [1.807, 2.05) is 19.2 Å². The summed E-state index contributed by atoms with van der Waals surface area (Å²) in [6, 6.07) is 0. The standard InChI is InChI=1S/C11H20N2O3S/c1-3-15-10(16-4-2)5-6-12-7-9-8-17-11(14)13-9/h8,10,12H,3-7H2,1-2H3,(H,13,14). The Morgan fingerprint density at radius 3 is 2.65 bits per heavy atom. The van der Waals surface area contributed by atoms with Gasteiger partial charge in [-0.2, -0.15) is 0 Å². The van der Waals surface area contributed by atoms with E-state index in [-0.39, 0.29) is 11.2 Å². The molecule has 0 aromatic carbocycles. The van der Waals surface area contributed by atoms with Crippen LogP contribution in [-0.2, 0) is 16.0 Å². The van der Waals surface area contributed by atoms with Gasteiger partial charge in [0.2, 0.25) is 0 Å². The molecular formula is C11H20N2O3S. The van der Waals surface area contributed by atoms with Crippen molar-refractivity contribution < 1.29 is 9.47 Å². The number of aromatic amines is 1. The van der Waals surface area contributed by atoms with E-state index in [1.54, 1.807) is 0 Å². The number of hydrogen-bond acceptors (Lipinski definition) is 5. The molecule has 0 radical (unpaired) electrons. The van der Waals surface area contributed by atoms with Crippen LogP contribution in [0.1, 0.15) is 26.0 Å². The second kappa shape index (κ2) is 8.41. The van der Waals surface area contributed by atoms with Crippen LogP contribution in [-0.4, -0.2) is 31.0 Å². The molecule has 0 amide bonds. The van der Waals surface area contributed by atoms with Gasteiger partial charge in [-0.05, 0) is 13.8 Å². The lowest BCUT2D eigenvalue weighted by Gasteiger charge is -2.16. The van der Waals surface area contributed by atoms with Crippen molar-refractivity contribution in [1.82, 2.24) is 10.3 Å². The molecule has 98 valence electrons. The fourth-order valence-electron chi connectivity index (χ4n) is 1.43. The first-order valence-electron chi connectivity index (χ1n) is 5.86. The summed E-state index contributed by atoms with van der Waals surface area (Å²) >= 11 is 1.18. The third-order valence-electron chi connectivity index (χ3n) is 2.15. The summed E-state index contributed by atoms with van der Waals surface area (Å²) in [6.45, 7) is 6.68. The first-order chi connectivity index (χ1) is 8.26. The van der Waals surface area contributed by atoms with Gasteiger partial charge in [-0.3, -0.25) is 4.79 Å². The normalized spacial score (nSPS) is 11.2. The molecule has 0 aliphatic heterocycles. The van der Waals surface area contributed by atoms with Crippen LogP contribution in [0.5, 0.6) is 0 Å². The van der Waals surface area contributed by atoms with Gasteiger partial charge in [-0.25, -0.2) is 0 Å². The maximum Gasteiger partial charge on any atom is 0.304 e. The van der Waals surface area contributed by atoms with E-state index in [1.165, 1.54) is 11.3 Å². The van der Waals surface area contributed by atoms with Gasteiger partial charge in [-0.1, -0.05) is 11.3 Å². The van der Waals surface area contributed by atoms with Crippen molar-refractivity contribution in [2.45, 2.75) is 33.1 Å². The van der Waals surface area contributed by atoms with E-state index < -0.39 is 0 Å². The fourth-order valence-corrected chi connectivity index (χ4v) is 2.01. The minimum absolute atomic E-state index is 0.0108. The summed E-state index contributed by atoms with van der Waals surface area (Å²) < 4.78 is 10.8. The van der Waals surface area contributed by atoms with E-state index in [2.05, 4.69) is 10.3 Å². The molecule has 5 nitrogen and oxygen atoms in total. The second-order valence-corrected chi connectivity index (χ2v) is 4.32. The van der Waals surface area contributed by atoms with Crippen LogP contribution in [0.2, 0.25) is 0 Å². The molecule has 2 N–H and O–H groups in total. The lowest BCUT2D eigenvalue weighted by atomic mass is 10.4.